The lowest BCUT2D eigenvalue weighted by molar-refractivity contribution is 0.332. The van der Waals surface area contributed by atoms with Crippen LogP contribution < -0.4 is 4.90 Å². The molecule has 7 aromatic rings. The second kappa shape index (κ2) is 14.3. The van der Waals surface area contributed by atoms with Crippen LogP contribution in [0.1, 0.15) is 123 Å². The van der Waals surface area contributed by atoms with Crippen molar-refractivity contribution in [2.75, 3.05) is 4.90 Å². The van der Waals surface area contributed by atoms with Crippen LogP contribution in [-0.2, 0) is 29.1 Å². The topological polar surface area (TPSA) is 3.24 Å². The number of benzene rings is 7. The largest absolute Gasteiger partial charge is 0.310 e. The SMILES string of the molecule is CC(C)c1ccc2c(c1-c1cc3c(cc1N(c1ccccc1)c1ccc4c(c1)CCCC4)C(c1ccccc1)(c1ccccc1)c1ccccc1-3)C(C)(C)CCC2(C)C. The van der Waals surface area contributed by atoms with E-state index < -0.39 is 5.41 Å². The van der Waals surface area contributed by atoms with Crippen molar-refractivity contribution in [2.24, 2.45) is 0 Å². The monoisotopic (exact) mass is 767 g/mol. The summed E-state index contributed by atoms with van der Waals surface area (Å²) in [5.74, 6) is 0.339. The molecule has 0 aliphatic heterocycles. The van der Waals surface area contributed by atoms with Crippen molar-refractivity contribution in [1.29, 1.82) is 0 Å². The van der Waals surface area contributed by atoms with E-state index in [1.807, 2.05) is 0 Å². The van der Waals surface area contributed by atoms with Gasteiger partial charge in [0, 0.05) is 16.9 Å². The first kappa shape index (κ1) is 37.6. The Morgan fingerprint density at radius 3 is 1.76 bits per heavy atom. The maximum Gasteiger partial charge on any atom is 0.0714 e. The summed E-state index contributed by atoms with van der Waals surface area (Å²) in [7, 11) is 0. The van der Waals surface area contributed by atoms with Gasteiger partial charge >= 0.3 is 0 Å². The maximum absolute atomic E-state index is 2.63. The van der Waals surface area contributed by atoms with E-state index in [0.717, 1.165) is 12.8 Å². The van der Waals surface area contributed by atoms with Gasteiger partial charge in [0.15, 0.2) is 0 Å². The van der Waals surface area contributed by atoms with Crippen molar-refractivity contribution < 1.29 is 0 Å². The number of rotatable bonds is 7. The third-order valence-electron chi connectivity index (χ3n) is 14.3. The Morgan fingerprint density at radius 2 is 1.08 bits per heavy atom. The summed E-state index contributed by atoms with van der Waals surface area (Å²) >= 11 is 0. The number of para-hydroxylation sites is 1. The summed E-state index contributed by atoms with van der Waals surface area (Å²) < 4.78 is 0. The molecule has 0 radical (unpaired) electrons. The Morgan fingerprint density at radius 1 is 0.475 bits per heavy atom. The van der Waals surface area contributed by atoms with Crippen LogP contribution in [0.2, 0.25) is 0 Å². The molecule has 7 aromatic carbocycles. The Hall–Kier alpha value is -5.66. The molecule has 294 valence electrons. The van der Waals surface area contributed by atoms with Crippen LogP contribution in [0.15, 0.2) is 158 Å². The molecule has 0 unspecified atom stereocenters. The van der Waals surface area contributed by atoms with E-state index in [4.69, 9.17) is 0 Å². The fourth-order valence-electron chi connectivity index (χ4n) is 11.3. The summed E-state index contributed by atoms with van der Waals surface area (Å²) in [6.07, 6.45) is 7.16. The summed E-state index contributed by atoms with van der Waals surface area (Å²) in [5, 5.41) is 0. The summed E-state index contributed by atoms with van der Waals surface area (Å²) in [5.41, 5.74) is 21.3. The third-order valence-corrected chi connectivity index (χ3v) is 14.3. The first-order valence-electron chi connectivity index (χ1n) is 22.1. The van der Waals surface area contributed by atoms with Crippen LogP contribution in [0, 0.1) is 0 Å². The predicted octanol–water partition coefficient (Wildman–Crippen LogP) is 15.5. The van der Waals surface area contributed by atoms with Crippen molar-refractivity contribution in [2.45, 2.75) is 102 Å². The van der Waals surface area contributed by atoms with Crippen molar-refractivity contribution in [3.05, 3.63) is 208 Å². The predicted molar refractivity (Wildman–Crippen MR) is 250 cm³/mol. The smallest absolute Gasteiger partial charge is 0.0714 e. The van der Waals surface area contributed by atoms with E-state index >= 15 is 0 Å². The van der Waals surface area contributed by atoms with Crippen LogP contribution >= 0.6 is 0 Å². The average molecular weight is 768 g/mol. The molecule has 0 heterocycles. The Kier molecular flexibility index (Phi) is 9.09. The maximum atomic E-state index is 2.63. The van der Waals surface area contributed by atoms with Gasteiger partial charge in [0.1, 0.15) is 0 Å². The lowest BCUT2D eigenvalue weighted by Gasteiger charge is -2.44. The standard InChI is InChI=1S/C58H57N/c1-39(2)46-32-33-51-55(57(5,6)35-34-56(51,3)4)54(46)49-37-48-47-28-18-19-29-50(47)58(42-22-10-7-11-23-42,43-24-12-8-13-25-43)52(48)38-53(49)59(44-26-14-9-15-27-44)45-31-30-40-20-16-17-21-41(40)36-45/h7-15,18-19,22-33,36-39H,16-17,20-21,34-35H2,1-6H3. The molecule has 0 fully saturated rings. The van der Waals surface area contributed by atoms with E-state index in [-0.39, 0.29) is 10.8 Å². The van der Waals surface area contributed by atoms with Crippen molar-refractivity contribution in [3.63, 3.8) is 0 Å². The van der Waals surface area contributed by atoms with Gasteiger partial charge in [0.25, 0.3) is 0 Å². The van der Waals surface area contributed by atoms with Crippen molar-refractivity contribution in [3.8, 4) is 22.3 Å². The van der Waals surface area contributed by atoms with E-state index in [9.17, 15) is 0 Å². The third kappa shape index (κ3) is 5.95. The molecule has 0 spiro atoms. The molecule has 0 N–H and O–H groups in total. The molecule has 3 aliphatic carbocycles. The van der Waals surface area contributed by atoms with Gasteiger partial charge in [0.05, 0.1) is 11.1 Å². The number of hydrogen-bond donors (Lipinski definition) is 0. The van der Waals surface area contributed by atoms with Gasteiger partial charge in [0.2, 0.25) is 0 Å². The molecule has 59 heavy (non-hydrogen) atoms. The number of anilines is 3. The quantitative estimate of drug-likeness (QED) is 0.156. The number of hydrogen-bond acceptors (Lipinski definition) is 1. The molecule has 0 bridgehead atoms. The first-order valence-corrected chi connectivity index (χ1v) is 22.1. The van der Waals surface area contributed by atoms with Crippen LogP contribution in [0.5, 0.6) is 0 Å². The molecule has 0 saturated heterocycles. The zero-order chi connectivity index (χ0) is 40.5. The Labute approximate surface area is 352 Å². The highest BCUT2D eigenvalue weighted by atomic mass is 15.1. The Balaban J connectivity index is 1.40. The molecule has 0 amide bonds. The fourth-order valence-corrected chi connectivity index (χ4v) is 11.3. The molecule has 1 nitrogen and oxygen atoms in total. The fraction of sp³-hybridized carbons (Fsp3) is 0.276. The van der Waals surface area contributed by atoms with Gasteiger partial charge < -0.3 is 4.90 Å². The number of nitrogens with zero attached hydrogens (tertiary/aromatic N) is 1. The van der Waals surface area contributed by atoms with Gasteiger partial charge in [-0.15, -0.1) is 0 Å². The van der Waals surface area contributed by atoms with Gasteiger partial charge in [-0.1, -0.05) is 163 Å². The molecular formula is C58H57N. The molecule has 0 atom stereocenters. The van der Waals surface area contributed by atoms with E-state index in [2.05, 4.69) is 204 Å². The molecule has 3 aliphatic rings. The summed E-state index contributed by atoms with van der Waals surface area (Å²) in [6, 6.07) is 60.6. The zero-order valence-corrected chi connectivity index (χ0v) is 35.8. The van der Waals surface area contributed by atoms with Crippen molar-refractivity contribution >= 4 is 17.1 Å². The Bertz CT molecular complexity index is 2640. The highest BCUT2D eigenvalue weighted by molar-refractivity contribution is 5.98. The van der Waals surface area contributed by atoms with Gasteiger partial charge in [-0.05, 0) is 158 Å². The number of fused-ring (bicyclic) bond motifs is 5. The average Bonchev–Trinajstić information content (AvgIpc) is 3.55. The summed E-state index contributed by atoms with van der Waals surface area (Å²) in [6.45, 7) is 14.7. The summed E-state index contributed by atoms with van der Waals surface area (Å²) in [4.78, 5) is 2.61. The van der Waals surface area contributed by atoms with Crippen LogP contribution in [0.4, 0.5) is 17.1 Å². The minimum atomic E-state index is -0.516. The minimum absolute atomic E-state index is 0.000506. The molecular weight excluding hydrogens is 711 g/mol. The normalized spacial score (nSPS) is 16.8. The van der Waals surface area contributed by atoms with E-state index in [1.54, 1.807) is 0 Å². The molecule has 0 saturated carbocycles. The second-order valence-electron chi connectivity index (χ2n) is 19.1. The lowest BCUT2D eigenvalue weighted by atomic mass is 9.60. The van der Waals surface area contributed by atoms with Gasteiger partial charge in [-0.2, -0.15) is 0 Å². The minimum Gasteiger partial charge on any atom is -0.310 e. The van der Waals surface area contributed by atoms with Crippen molar-refractivity contribution in [1.82, 2.24) is 0 Å². The molecule has 10 rings (SSSR count). The molecule has 1 heteroatoms. The number of aryl methyl sites for hydroxylation is 2. The molecule has 0 aromatic heterocycles. The van der Waals surface area contributed by atoms with E-state index in [1.165, 1.54) is 115 Å². The second-order valence-corrected chi connectivity index (χ2v) is 19.1. The van der Waals surface area contributed by atoms with E-state index in [0.29, 0.717) is 5.92 Å². The van der Waals surface area contributed by atoms with Gasteiger partial charge in [-0.3, -0.25) is 0 Å². The lowest BCUT2D eigenvalue weighted by Crippen LogP contribution is -2.35. The zero-order valence-electron chi connectivity index (χ0n) is 35.8. The highest BCUT2D eigenvalue weighted by Gasteiger charge is 2.48. The van der Waals surface area contributed by atoms with Crippen LogP contribution in [-0.4, -0.2) is 0 Å². The van der Waals surface area contributed by atoms with Gasteiger partial charge in [-0.25, -0.2) is 0 Å². The van der Waals surface area contributed by atoms with Crippen LogP contribution in [0.3, 0.4) is 0 Å². The highest BCUT2D eigenvalue weighted by Crippen LogP contribution is 2.61. The first-order chi connectivity index (χ1) is 28.6. The van der Waals surface area contributed by atoms with Crippen LogP contribution in [0.25, 0.3) is 22.3 Å².